The predicted octanol–water partition coefficient (Wildman–Crippen LogP) is 3.46. The lowest BCUT2D eigenvalue weighted by Crippen LogP contribution is -2.48. The molecule has 1 aliphatic heterocycles. The maximum atomic E-state index is 13.1. The second-order valence-electron chi connectivity index (χ2n) is 8.01. The number of rotatable bonds is 3. The molecule has 152 valence electrons. The van der Waals surface area contributed by atoms with E-state index in [0.29, 0.717) is 29.8 Å². The Labute approximate surface area is 175 Å². The normalized spacial score (nSPS) is 15.9. The minimum atomic E-state index is -0.0152. The van der Waals surface area contributed by atoms with Crippen molar-refractivity contribution >= 4 is 11.7 Å². The number of aryl methyl sites for hydroxylation is 2. The molecular weight excluding hydrogens is 378 g/mol. The number of piperazine rings is 1. The first kappa shape index (κ1) is 18.8. The van der Waals surface area contributed by atoms with Gasteiger partial charge in [0.25, 0.3) is 5.91 Å². The third-order valence-electron chi connectivity index (χ3n) is 6.20. The Kier molecular flexibility index (Phi) is 4.51. The lowest BCUT2D eigenvalue weighted by molar-refractivity contribution is 0.0627. The topological polar surface area (TPSA) is 66.7 Å². The summed E-state index contributed by atoms with van der Waals surface area (Å²) in [5, 5.41) is 4.02. The molecule has 2 heterocycles. The van der Waals surface area contributed by atoms with Gasteiger partial charge in [0.1, 0.15) is 5.76 Å². The zero-order valence-electron chi connectivity index (χ0n) is 17.1. The van der Waals surface area contributed by atoms with Gasteiger partial charge in [-0.15, -0.1) is 0 Å². The number of fused-ring (bicyclic) bond motifs is 3. The molecule has 1 aliphatic carbocycles. The second kappa shape index (κ2) is 7.22. The number of nitrogens with zero attached hydrogens (tertiary/aromatic N) is 3. The molecule has 0 N–H and O–H groups in total. The van der Waals surface area contributed by atoms with E-state index in [0.717, 1.165) is 47.8 Å². The second-order valence-corrected chi connectivity index (χ2v) is 8.01. The summed E-state index contributed by atoms with van der Waals surface area (Å²) < 4.78 is 5.25. The number of benzene rings is 2. The molecule has 1 saturated heterocycles. The van der Waals surface area contributed by atoms with Gasteiger partial charge in [-0.1, -0.05) is 35.5 Å². The molecule has 1 fully saturated rings. The van der Waals surface area contributed by atoms with E-state index < -0.39 is 0 Å². The van der Waals surface area contributed by atoms with Crippen molar-refractivity contribution in [1.29, 1.82) is 0 Å². The van der Waals surface area contributed by atoms with Crippen LogP contribution < -0.4 is 0 Å². The maximum absolute atomic E-state index is 13.1. The Bertz CT molecular complexity index is 1140. The molecule has 0 radical (unpaired) electrons. The number of aromatic nitrogens is 1. The van der Waals surface area contributed by atoms with Crippen LogP contribution in [0.2, 0.25) is 0 Å². The van der Waals surface area contributed by atoms with Gasteiger partial charge < -0.3 is 9.42 Å². The highest BCUT2D eigenvalue weighted by atomic mass is 16.5. The summed E-state index contributed by atoms with van der Waals surface area (Å²) in [6.07, 6.45) is 0. The van der Waals surface area contributed by atoms with E-state index in [1.165, 1.54) is 0 Å². The number of hydrogen-bond acceptors (Lipinski definition) is 5. The molecule has 0 bridgehead atoms. The third-order valence-corrected chi connectivity index (χ3v) is 6.20. The van der Waals surface area contributed by atoms with Crippen molar-refractivity contribution in [2.24, 2.45) is 0 Å². The van der Waals surface area contributed by atoms with Gasteiger partial charge in [-0.25, -0.2) is 0 Å². The van der Waals surface area contributed by atoms with Crippen molar-refractivity contribution in [2.45, 2.75) is 20.4 Å². The molecule has 0 unspecified atom stereocenters. The van der Waals surface area contributed by atoms with Gasteiger partial charge in [0.2, 0.25) is 0 Å². The molecule has 2 aliphatic rings. The van der Waals surface area contributed by atoms with Gasteiger partial charge in [0.05, 0.1) is 5.69 Å². The minimum Gasteiger partial charge on any atom is -0.361 e. The van der Waals surface area contributed by atoms with Gasteiger partial charge in [0, 0.05) is 55.0 Å². The predicted molar refractivity (Wildman–Crippen MR) is 112 cm³/mol. The largest absolute Gasteiger partial charge is 0.361 e. The minimum absolute atomic E-state index is 0.000435. The number of carbonyl (C=O) groups is 2. The Morgan fingerprint density at radius 1 is 0.967 bits per heavy atom. The van der Waals surface area contributed by atoms with Crippen LogP contribution in [-0.4, -0.2) is 52.8 Å². The van der Waals surface area contributed by atoms with Gasteiger partial charge in [-0.3, -0.25) is 14.5 Å². The number of carbonyl (C=O) groups excluding carboxylic acids is 2. The van der Waals surface area contributed by atoms with Crippen LogP contribution in [0.1, 0.15) is 43.3 Å². The zero-order chi connectivity index (χ0) is 20.8. The fraction of sp³-hybridized carbons (Fsp3) is 0.292. The smallest absolute Gasteiger partial charge is 0.253 e. The first-order valence-electron chi connectivity index (χ1n) is 10.2. The molecule has 0 atom stereocenters. The van der Waals surface area contributed by atoms with Crippen LogP contribution in [0.3, 0.4) is 0 Å². The quantitative estimate of drug-likeness (QED) is 0.526. The van der Waals surface area contributed by atoms with Crippen molar-refractivity contribution in [3.63, 3.8) is 0 Å². The van der Waals surface area contributed by atoms with Crippen molar-refractivity contribution in [2.75, 3.05) is 26.2 Å². The highest BCUT2D eigenvalue weighted by Crippen LogP contribution is 2.36. The first-order valence-corrected chi connectivity index (χ1v) is 10.2. The molecule has 6 nitrogen and oxygen atoms in total. The average Bonchev–Trinajstić information content (AvgIpc) is 3.25. The van der Waals surface area contributed by atoms with Crippen molar-refractivity contribution < 1.29 is 14.1 Å². The highest BCUT2D eigenvalue weighted by molar-refractivity contribution is 6.22. The molecule has 0 spiro atoms. The number of amides is 1. The zero-order valence-corrected chi connectivity index (χ0v) is 17.1. The van der Waals surface area contributed by atoms with Crippen molar-refractivity contribution in [3.8, 4) is 11.1 Å². The van der Waals surface area contributed by atoms with Gasteiger partial charge >= 0.3 is 0 Å². The van der Waals surface area contributed by atoms with Crippen LogP contribution in [-0.2, 0) is 6.54 Å². The first-order chi connectivity index (χ1) is 14.5. The van der Waals surface area contributed by atoms with Gasteiger partial charge in [0.15, 0.2) is 5.78 Å². The SMILES string of the molecule is Cc1noc(C)c1CN1CCN(C(=O)c2ccc3c(c2)C(=O)c2ccccc2-3)CC1. The molecule has 2 aromatic carbocycles. The molecule has 5 rings (SSSR count). The summed E-state index contributed by atoms with van der Waals surface area (Å²) in [5.74, 6) is 0.841. The van der Waals surface area contributed by atoms with Crippen molar-refractivity contribution in [3.05, 3.63) is 76.2 Å². The van der Waals surface area contributed by atoms with Crippen molar-refractivity contribution in [1.82, 2.24) is 15.0 Å². The fourth-order valence-corrected chi connectivity index (χ4v) is 4.40. The van der Waals surface area contributed by atoms with Crippen LogP contribution in [0.4, 0.5) is 0 Å². The average molecular weight is 401 g/mol. The summed E-state index contributed by atoms with van der Waals surface area (Å²) in [6.45, 7) is 7.59. The Morgan fingerprint density at radius 2 is 1.67 bits per heavy atom. The lowest BCUT2D eigenvalue weighted by atomic mass is 10.0. The monoisotopic (exact) mass is 401 g/mol. The summed E-state index contributed by atoms with van der Waals surface area (Å²) in [6, 6.07) is 13.1. The molecule has 3 aromatic rings. The molecule has 0 saturated carbocycles. The lowest BCUT2D eigenvalue weighted by Gasteiger charge is -2.34. The van der Waals surface area contributed by atoms with Gasteiger partial charge in [-0.05, 0) is 37.1 Å². The van der Waals surface area contributed by atoms with Crippen LogP contribution in [0.5, 0.6) is 0 Å². The van der Waals surface area contributed by atoms with E-state index in [2.05, 4.69) is 10.1 Å². The number of hydrogen-bond donors (Lipinski definition) is 0. The molecule has 30 heavy (non-hydrogen) atoms. The Morgan fingerprint density at radius 3 is 2.37 bits per heavy atom. The maximum Gasteiger partial charge on any atom is 0.253 e. The molecular formula is C24H23N3O3. The Balaban J connectivity index is 1.28. The van der Waals surface area contributed by atoms with E-state index in [-0.39, 0.29) is 11.7 Å². The van der Waals surface area contributed by atoms with E-state index in [9.17, 15) is 9.59 Å². The van der Waals surface area contributed by atoms with Crippen LogP contribution in [0.15, 0.2) is 47.0 Å². The van der Waals surface area contributed by atoms with E-state index in [1.807, 2.05) is 55.1 Å². The summed E-state index contributed by atoms with van der Waals surface area (Å²) >= 11 is 0. The molecule has 1 amide bonds. The van der Waals surface area contributed by atoms with Crippen LogP contribution >= 0.6 is 0 Å². The Hall–Kier alpha value is -3.25. The van der Waals surface area contributed by atoms with Crippen LogP contribution in [0.25, 0.3) is 11.1 Å². The fourth-order valence-electron chi connectivity index (χ4n) is 4.40. The highest BCUT2D eigenvalue weighted by Gasteiger charge is 2.29. The van der Waals surface area contributed by atoms with Gasteiger partial charge in [-0.2, -0.15) is 0 Å². The third kappa shape index (κ3) is 3.04. The molecule has 6 heteroatoms. The summed E-state index contributed by atoms with van der Waals surface area (Å²) in [5.41, 5.74) is 5.83. The standard InChI is InChI=1S/C24H23N3O3/c1-15-22(16(2)30-25-15)14-26-9-11-27(12-10-26)24(29)17-7-8-19-18-5-3-4-6-20(18)23(28)21(19)13-17/h3-8,13H,9-12,14H2,1-2H3. The molecule has 1 aromatic heterocycles. The van der Waals surface area contributed by atoms with E-state index >= 15 is 0 Å². The van der Waals surface area contributed by atoms with E-state index in [1.54, 1.807) is 6.07 Å². The van der Waals surface area contributed by atoms with E-state index in [4.69, 9.17) is 4.52 Å². The summed E-state index contributed by atoms with van der Waals surface area (Å²) in [4.78, 5) is 30.0. The van der Waals surface area contributed by atoms with Crippen LogP contribution in [0, 0.1) is 13.8 Å². The number of ketones is 1. The summed E-state index contributed by atoms with van der Waals surface area (Å²) in [7, 11) is 0.